The summed E-state index contributed by atoms with van der Waals surface area (Å²) in [4.78, 5) is 11.2. The van der Waals surface area contributed by atoms with Crippen LogP contribution >= 0.6 is 0 Å². The molecule has 0 aliphatic carbocycles. The van der Waals surface area contributed by atoms with Gasteiger partial charge in [-0.3, -0.25) is 4.79 Å². The molecule has 0 aliphatic rings. The molecular weight excluding hydrogens is 214 g/mol. The molecule has 1 rings (SSSR count). The lowest BCUT2D eigenvalue weighted by molar-refractivity contribution is -0.124. The molecule has 0 saturated carbocycles. The van der Waals surface area contributed by atoms with Crippen molar-refractivity contribution in [3.05, 3.63) is 29.8 Å². The number of benzene rings is 1. The molecule has 0 spiro atoms. The van der Waals surface area contributed by atoms with Gasteiger partial charge in [-0.1, -0.05) is 45.9 Å². The Bertz CT molecular complexity index is 393. The van der Waals surface area contributed by atoms with Crippen LogP contribution < -0.4 is 10.5 Å². The van der Waals surface area contributed by atoms with Crippen LogP contribution in [0.5, 0.6) is 5.75 Å². The molecule has 94 valence electrons. The highest BCUT2D eigenvalue weighted by molar-refractivity contribution is 5.79. The van der Waals surface area contributed by atoms with Crippen LogP contribution in [0.25, 0.3) is 0 Å². The van der Waals surface area contributed by atoms with Crippen LogP contribution in [0, 0.1) is 0 Å². The summed E-state index contributed by atoms with van der Waals surface area (Å²) in [7, 11) is 0. The van der Waals surface area contributed by atoms with Crippen LogP contribution in [0.1, 0.15) is 39.7 Å². The zero-order chi connectivity index (χ0) is 13.1. The second kappa shape index (κ2) is 5.21. The van der Waals surface area contributed by atoms with Gasteiger partial charge in [0.25, 0.3) is 5.91 Å². The minimum absolute atomic E-state index is 0.0213. The number of ether oxygens (including phenoxy) is 1. The quantitative estimate of drug-likeness (QED) is 0.872. The van der Waals surface area contributed by atoms with E-state index in [-0.39, 0.29) is 5.41 Å². The second-order valence-corrected chi connectivity index (χ2v) is 5.16. The Kier molecular flexibility index (Phi) is 4.16. The normalized spacial score (nSPS) is 13.2. The fourth-order valence-electron chi connectivity index (χ4n) is 1.68. The fourth-order valence-corrected chi connectivity index (χ4v) is 1.68. The van der Waals surface area contributed by atoms with Gasteiger partial charge in [0.15, 0.2) is 6.10 Å². The molecule has 1 aromatic rings. The monoisotopic (exact) mass is 235 g/mol. The summed E-state index contributed by atoms with van der Waals surface area (Å²) in [6.45, 7) is 8.22. The summed E-state index contributed by atoms with van der Waals surface area (Å²) in [6, 6.07) is 7.77. The van der Waals surface area contributed by atoms with Crippen molar-refractivity contribution in [2.75, 3.05) is 0 Å². The van der Waals surface area contributed by atoms with E-state index in [1.807, 2.05) is 31.2 Å². The molecule has 2 N–H and O–H groups in total. The zero-order valence-corrected chi connectivity index (χ0v) is 11.0. The molecule has 3 heteroatoms. The number of hydrogen-bond acceptors (Lipinski definition) is 2. The highest BCUT2D eigenvalue weighted by atomic mass is 16.5. The van der Waals surface area contributed by atoms with Crippen molar-refractivity contribution < 1.29 is 9.53 Å². The number of carbonyl (C=O) groups is 1. The third-order valence-corrected chi connectivity index (χ3v) is 2.65. The summed E-state index contributed by atoms with van der Waals surface area (Å²) in [5, 5.41) is 0. The van der Waals surface area contributed by atoms with E-state index in [2.05, 4.69) is 20.8 Å². The van der Waals surface area contributed by atoms with Gasteiger partial charge in [-0.2, -0.15) is 0 Å². The molecule has 0 radical (unpaired) electrons. The van der Waals surface area contributed by atoms with Crippen LogP contribution in [0.15, 0.2) is 24.3 Å². The maximum atomic E-state index is 11.2. The van der Waals surface area contributed by atoms with Crippen molar-refractivity contribution in [2.24, 2.45) is 5.73 Å². The Balaban J connectivity index is 3.02. The number of nitrogens with two attached hydrogens (primary N) is 1. The molecule has 0 bridgehead atoms. The van der Waals surface area contributed by atoms with E-state index in [0.717, 1.165) is 11.3 Å². The van der Waals surface area contributed by atoms with Crippen LogP contribution in [-0.4, -0.2) is 12.0 Å². The Morgan fingerprint density at radius 2 is 1.94 bits per heavy atom. The van der Waals surface area contributed by atoms with Gasteiger partial charge in [0, 0.05) is 0 Å². The number of carbonyl (C=O) groups excluding carboxylic acids is 1. The van der Waals surface area contributed by atoms with Crippen LogP contribution in [0.3, 0.4) is 0 Å². The average molecular weight is 235 g/mol. The Hall–Kier alpha value is -1.51. The van der Waals surface area contributed by atoms with Crippen molar-refractivity contribution in [3.63, 3.8) is 0 Å². The standard InChI is InChI=1S/C14H21NO2/c1-5-11(13(15)16)17-12-9-7-6-8-10(12)14(2,3)4/h6-9,11H,5H2,1-4H3,(H2,15,16). The Labute approximate surface area is 103 Å². The third kappa shape index (κ3) is 3.48. The van der Waals surface area contributed by atoms with Gasteiger partial charge in [0.05, 0.1) is 0 Å². The van der Waals surface area contributed by atoms with Gasteiger partial charge in [-0.15, -0.1) is 0 Å². The number of rotatable bonds is 4. The van der Waals surface area contributed by atoms with Gasteiger partial charge in [0.1, 0.15) is 5.75 Å². The number of hydrogen-bond donors (Lipinski definition) is 1. The van der Waals surface area contributed by atoms with E-state index in [4.69, 9.17) is 10.5 Å². The van der Waals surface area contributed by atoms with Crippen molar-refractivity contribution in [1.29, 1.82) is 0 Å². The highest BCUT2D eigenvalue weighted by Crippen LogP contribution is 2.31. The molecule has 0 saturated heterocycles. The molecule has 17 heavy (non-hydrogen) atoms. The van der Waals surface area contributed by atoms with E-state index in [9.17, 15) is 4.79 Å². The maximum absolute atomic E-state index is 11.2. The van der Waals surface area contributed by atoms with Crippen LogP contribution in [0.2, 0.25) is 0 Å². The number of amides is 1. The van der Waals surface area contributed by atoms with Crippen molar-refractivity contribution in [1.82, 2.24) is 0 Å². The fraction of sp³-hybridized carbons (Fsp3) is 0.500. The molecule has 0 heterocycles. The maximum Gasteiger partial charge on any atom is 0.258 e. The topological polar surface area (TPSA) is 52.3 Å². The first-order valence-corrected chi connectivity index (χ1v) is 5.91. The van der Waals surface area contributed by atoms with Gasteiger partial charge in [-0.25, -0.2) is 0 Å². The predicted molar refractivity (Wildman–Crippen MR) is 69.0 cm³/mol. The lowest BCUT2D eigenvalue weighted by Crippen LogP contribution is -2.33. The summed E-state index contributed by atoms with van der Waals surface area (Å²) in [6.07, 6.45) is 0.0202. The second-order valence-electron chi connectivity index (χ2n) is 5.16. The van der Waals surface area contributed by atoms with Crippen LogP contribution in [0.4, 0.5) is 0 Å². The third-order valence-electron chi connectivity index (χ3n) is 2.65. The van der Waals surface area contributed by atoms with Crippen molar-refractivity contribution in [3.8, 4) is 5.75 Å². The summed E-state index contributed by atoms with van der Waals surface area (Å²) < 4.78 is 5.71. The molecule has 0 aromatic heterocycles. The molecule has 1 amide bonds. The summed E-state index contributed by atoms with van der Waals surface area (Å²) in [5.74, 6) is 0.321. The van der Waals surface area contributed by atoms with Gasteiger partial charge < -0.3 is 10.5 Å². The molecule has 0 fully saturated rings. The zero-order valence-electron chi connectivity index (χ0n) is 11.0. The van der Waals surface area contributed by atoms with Gasteiger partial charge in [0.2, 0.25) is 0 Å². The molecule has 3 nitrogen and oxygen atoms in total. The minimum Gasteiger partial charge on any atom is -0.480 e. The molecule has 1 unspecified atom stereocenters. The minimum atomic E-state index is -0.557. The van der Waals surface area contributed by atoms with E-state index in [0.29, 0.717) is 6.42 Å². The van der Waals surface area contributed by atoms with E-state index >= 15 is 0 Å². The predicted octanol–water partition coefficient (Wildman–Crippen LogP) is 2.63. The smallest absolute Gasteiger partial charge is 0.258 e. The lowest BCUT2D eigenvalue weighted by Gasteiger charge is -2.24. The van der Waals surface area contributed by atoms with E-state index in [1.54, 1.807) is 0 Å². The van der Waals surface area contributed by atoms with Gasteiger partial charge in [-0.05, 0) is 23.5 Å². The lowest BCUT2D eigenvalue weighted by atomic mass is 9.86. The molecule has 1 aromatic carbocycles. The first kappa shape index (κ1) is 13.6. The van der Waals surface area contributed by atoms with E-state index in [1.165, 1.54) is 0 Å². The average Bonchev–Trinajstić information content (AvgIpc) is 2.24. The first-order valence-electron chi connectivity index (χ1n) is 5.91. The first-order chi connectivity index (χ1) is 7.86. The SMILES string of the molecule is CCC(Oc1ccccc1C(C)(C)C)C(N)=O. The summed E-state index contributed by atoms with van der Waals surface area (Å²) >= 11 is 0. The van der Waals surface area contributed by atoms with Crippen molar-refractivity contribution in [2.45, 2.75) is 45.6 Å². The Morgan fingerprint density at radius 1 is 1.35 bits per heavy atom. The number of primary amides is 1. The highest BCUT2D eigenvalue weighted by Gasteiger charge is 2.22. The van der Waals surface area contributed by atoms with Crippen molar-refractivity contribution >= 4 is 5.91 Å². The molecule has 1 atom stereocenters. The molecular formula is C14H21NO2. The number of para-hydroxylation sites is 1. The van der Waals surface area contributed by atoms with Crippen LogP contribution in [-0.2, 0) is 10.2 Å². The largest absolute Gasteiger partial charge is 0.480 e. The molecule has 0 aliphatic heterocycles. The summed E-state index contributed by atoms with van der Waals surface area (Å²) in [5.41, 5.74) is 6.35. The Morgan fingerprint density at radius 3 is 2.41 bits per heavy atom. The van der Waals surface area contributed by atoms with Gasteiger partial charge >= 0.3 is 0 Å². The van der Waals surface area contributed by atoms with E-state index < -0.39 is 12.0 Å².